The highest BCUT2D eigenvalue weighted by atomic mass is 32.2. The fraction of sp³-hybridized carbons (Fsp3) is 0.750. The van der Waals surface area contributed by atoms with Crippen molar-refractivity contribution in [1.29, 1.82) is 0 Å². The second-order valence-corrected chi connectivity index (χ2v) is 7.90. The minimum atomic E-state index is -0.0444. The molecule has 2 heterocycles. The van der Waals surface area contributed by atoms with Crippen LogP contribution in [0.5, 0.6) is 0 Å². The maximum absolute atomic E-state index is 4.80. The van der Waals surface area contributed by atoms with Crippen molar-refractivity contribution in [1.82, 2.24) is 9.97 Å². The van der Waals surface area contributed by atoms with Gasteiger partial charge in [-0.2, -0.15) is 11.8 Å². The van der Waals surface area contributed by atoms with Crippen molar-refractivity contribution in [2.24, 2.45) is 0 Å². The Labute approximate surface area is 132 Å². The van der Waals surface area contributed by atoms with Crippen LogP contribution in [0.25, 0.3) is 0 Å². The normalized spacial score (nSPS) is 18.8. The second-order valence-electron chi connectivity index (χ2n) is 6.75. The van der Waals surface area contributed by atoms with Gasteiger partial charge in [0.1, 0.15) is 17.5 Å². The Morgan fingerprint density at radius 3 is 2.52 bits per heavy atom. The van der Waals surface area contributed by atoms with Crippen molar-refractivity contribution in [2.45, 2.75) is 58.9 Å². The van der Waals surface area contributed by atoms with Crippen molar-refractivity contribution in [3.63, 3.8) is 0 Å². The van der Waals surface area contributed by atoms with Crippen LogP contribution in [0.15, 0.2) is 0 Å². The summed E-state index contributed by atoms with van der Waals surface area (Å²) in [5.41, 5.74) is 1.09. The van der Waals surface area contributed by atoms with Crippen molar-refractivity contribution in [2.75, 3.05) is 28.7 Å². The fourth-order valence-electron chi connectivity index (χ4n) is 2.25. The van der Waals surface area contributed by atoms with Gasteiger partial charge in [-0.25, -0.2) is 9.97 Å². The lowest BCUT2D eigenvalue weighted by atomic mass is 9.95. The molecule has 1 aromatic rings. The van der Waals surface area contributed by atoms with Gasteiger partial charge >= 0.3 is 0 Å². The monoisotopic (exact) mass is 308 g/mol. The Morgan fingerprint density at radius 1 is 1.24 bits per heavy atom. The first-order chi connectivity index (χ1) is 9.91. The molecule has 1 aliphatic heterocycles. The molecular formula is C16H28N4S. The number of rotatable bonds is 5. The summed E-state index contributed by atoms with van der Waals surface area (Å²) < 4.78 is 0. The molecule has 2 N–H and O–H groups in total. The third-order valence-corrected chi connectivity index (χ3v) is 4.79. The highest BCUT2D eigenvalue weighted by Gasteiger charge is 2.23. The molecule has 0 aromatic carbocycles. The molecule has 4 nitrogen and oxygen atoms in total. The molecule has 1 aromatic heterocycles. The molecule has 0 amide bonds. The first-order valence-corrected chi connectivity index (χ1v) is 9.04. The quantitative estimate of drug-likeness (QED) is 0.866. The first kappa shape index (κ1) is 16.4. The smallest absolute Gasteiger partial charge is 0.138 e. The van der Waals surface area contributed by atoms with E-state index < -0.39 is 0 Å². The van der Waals surface area contributed by atoms with Gasteiger partial charge in [0.05, 0.1) is 0 Å². The summed E-state index contributed by atoms with van der Waals surface area (Å²) in [6.07, 6.45) is 2.31. The maximum Gasteiger partial charge on any atom is 0.138 e. The van der Waals surface area contributed by atoms with Crippen molar-refractivity contribution >= 4 is 23.4 Å². The van der Waals surface area contributed by atoms with E-state index in [4.69, 9.17) is 9.97 Å². The van der Waals surface area contributed by atoms with Gasteiger partial charge in [-0.1, -0.05) is 27.7 Å². The third-order valence-electron chi connectivity index (χ3n) is 3.63. The van der Waals surface area contributed by atoms with Crippen molar-refractivity contribution < 1.29 is 0 Å². The molecule has 118 valence electrons. The molecule has 1 fully saturated rings. The molecule has 0 saturated carbocycles. The van der Waals surface area contributed by atoms with E-state index >= 15 is 0 Å². The molecule has 1 aliphatic rings. The number of nitrogens with zero attached hydrogens (tertiary/aromatic N) is 2. The SMILES string of the molecule is CCCNc1nc(C(C)(C)C)nc(NC2CCSC2)c1C. The molecular weight excluding hydrogens is 280 g/mol. The first-order valence-electron chi connectivity index (χ1n) is 7.89. The van der Waals surface area contributed by atoms with E-state index in [1.807, 2.05) is 11.8 Å². The van der Waals surface area contributed by atoms with Crippen LogP contribution in [-0.2, 0) is 5.41 Å². The lowest BCUT2D eigenvalue weighted by Gasteiger charge is -2.22. The summed E-state index contributed by atoms with van der Waals surface area (Å²) in [7, 11) is 0. The van der Waals surface area contributed by atoms with Gasteiger partial charge in [0.15, 0.2) is 0 Å². The van der Waals surface area contributed by atoms with Gasteiger partial charge in [0.25, 0.3) is 0 Å². The largest absolute Gasteiger partial charge is 0.370 e. The van der Waals surface area contributed by atoms with Gasteiger partial charge < -0.3 is 10.6 Å². The minimum Gasteiger partial charge on any atom is -0.370 e. The molecule has 0 aliphatic carbocycles. The average Bonchev–Trinajstić information content (AvgIpc) is 2.91. The molecule has 0 spiro atoms. The number of anilines is 2. The van der Waals surface area contributed by atoms with E-state index in [1.54, 1.807) is 0 Å². The van der Waals surface area contributed by atoms with Gasteiger partial charge in [0, 0.05) is 29.3 Å². The van der Waals surface area contributed by atoms with Crippen LogP contribution in [0.1, 0.15) is 51.9 Å². The van der Waals surface area contributed by atoms with E-state index in [1.165, 1.54) is 17.9 Å². The summed E-state index contributed by atoms with van der Waals surface area (Å²) in [4.78, 5) is 9.55. The number of nitrogens with one attached hydrogen (secondary N) is 2. The van der Waals surface area contributed by atoms with Gasteiger partial charge in [0.2, 0.25) is 0 Å². The summed E-state index contributed by atoms with van der Waals surface area (Å²) in [6.45, 7) is 11.7. The van der Waals surface area contributed by atoms with Crippen molar-refractivity contribution in [3.8, 4) is 0 Å². The number of hydrogen-bond donors (Lipinski definition) is 2. The molecule has 0 radical (unpaired) electrons. The van der Waals surface area contributed by atoms with Gasteiger partial charge in [-0.3, -0.25) is 0 Å². The molecule has 1 atom stereocenters. The third kappa shape index (κ3) is 4.25. The number of thioether (sulfide) groups is 1. The van der Waals surface area contributed by atoms with Crippen LogP contribution in [0.3, 0.4) is 0 Å². The lowest BCUT2D eigenvalue weighted by molar-refractivity contribution is 0.545. The highest BCUT2D eigenvalue weighted by Crippen LogP contribution is 2.28. The Hall–Kier alpha value is -0.970. The summed E-state index contributed by atoms with van der Waals surface area (Å²) in [5.74, 6) is 5.30. The molecule has 21 heavy (non-hydrogen) atoms. The Kier molecular flexibility index (Phi) is 5.36. The predicted octanol–water partition coefficient (Wildman–Crippen LogP) is 3.82. The summed E-state index contributed by atoms with van der Waals surface area (Å²) >= 11 is 2.01. The van der Waals surface area contributed by atoms with E-state index in [2.05, 4.69) is 45.3 Å². The predicted molar refractivity (Wildman–Crippen MR) is 93.6 cm³/mol. The average molecular weight is 308 g/mol. The minimum absolute atomic E-state index is 0.0444. The maximum atomic E-state index is 4.80. The van der Waals surface area contributed by atoms with Crippen LogP contribution < -0.4 is 10.6 Å². The number of aromatic nitrogens is 2. The molecule has 1 unspecified atom stereocenters. The summed E-state index contributed by atoms with van der Waals surface area (Å²) in [5, 5.41) is 7.07. The van der Waals surface area contributed by atoms with Crippen LogP contribution >= 0.6 is 11.8 Å². The van der Waals surface area contributed by atoms with Crippen LogP contribution in [0.4, 0.5) is 11.6 Å². The van der Waals surface area contributed by atoms with Gasteiger partial charge in [-0.15, -0.1) is 0 Å². The topological polar surface area (TPSA) is 49.8 Å². The van der Waals surface area contributed by atoms with Crippen LogP contribution in [0.2, 0.25) is 0 Å². The molecule has 1 saturated heterocycles. The zero-order valence-electron chi connectivity index (χ0n) is 13.9. The standard InChI is InChI=1S/C16H28N4S/c1-6-8-17-13-11(2)14(18-12-7-9-21-10-12)20-15(19-13)16(3,4)5/h12H,6-10H2,1-5H3,(H2,17,18,19,20). The van der Waals surface area contributed by atoms with Crippen molar-refractivity contribution in [3.05, 3.63) is 11.4 Å². The second kappa shape index (κ2) is 6.86. The molecule has 5 heteroatoms. The Balaban J connectivity index is 2.31. The van der Waals surface area contributed by atoms with Crippen LogP contribution in [0, 0.1) is 6.92 Å². The summed E-state index contributed by atoms with van der Waals surface area (Å²) in [6, 6.07) is 0.537. The van der Waals surface area contributed by atoms with E-state index in [0.717, 1.165) is 36.0 Å². The lowest BCUT2D eigenvalue weighted by Crippen LogP contribution is -2.24. The Bertz CT molecular complexity index is 476. The zero-order valence-corrected chi connectivity index (χ0v) is 14.7. The highest BCUT2D eigenvalue weighted by molar-refractivity contribution is 7.99. The molecule has 0 bridgehead atoms. The van der Waals surface area contributed by atoms with E-state index in [0.29, 0.717) is 6.04 Å². The fourth-order valence-corrected chi connectivity index (χ4v) is 3.40. The van der Waals surface area contributed by atoms with E-state index in [-0.39, 0.29) is 5.41 Å². The molecule has 2 rings (SSSR count). The van der Waals surface area contributed by atoms with Crippen LogP contribution in [-0.4, -0.2) is 34.1 Å². The van der Waals surface area contributed by atoms with Gasteiger partial charge in [-0.05, 0) is 25.5 Å². The zero-order chi connectivity index (χ0) is 15.5. The number of hydrogen-bond acceptors (Lipinski definition) is 5. The Morgan fingerprint density at radius 2 is 1.95 bits per heavy atom. The van der Waals surface area contributed by atoms with E-state index in [9.17, 15) is 0 Å².